The molecule has 0 aromatic carbocycles. The predicted molar refractivity (Wildman–Crippen MR) is 54.7 cm³/mol. The molecule has 0 fully saturated rings. The third-order valence-electron chi connectivity index (χ3n) is 2.28. The molecule has 0 aliphatic rings. The summed E-state index contributed by atoms with van der Waals surface area (Å²) in [4.78, 5) is 10.4. The van der Waals surface area contributed by atoms with E-state index < -0.39 is 42.1 Å². The molecule has 2 nitrogen and oxygen atoms in total. The first-order valence-electron chi connectivity index (χ1n) is 4.99. The summed E-state index contributed by atoms with van der Waals surface area (Å²) in [6.07, 6.45) is -14.6. The van der Waals surface area contributed by atoms with Crippen LogP contribution >= 0.6 is 11.8 Å². The van der Waals surface area contributed by atoms with Crippen LogP contribution in [0, 0.1) is 0 Å². The molecule has 1 N–H and O–H groups in total. The van der Waals surface area contributed by atoms with Gasteiger partial charge in [0.25, 0.3) is 5.67 Å². The summed E-state index contributed by atoms with van der Waals surface area (Å²) in [5, 5.41) is 7.46. The number of thioether (sulfide) groups is 1. The van der Waals surface area contributed by atoms with E-state index in [0.717, 1.165) is 0 Å². The van der Waals surface area contributed by atoms with Crippen molar-refractivity contribution in [2.75, 3.05) is 5.75 Å². The Morgan fingerprint density at radius 2 is 1.53 bits per heavy atom. The maximum atomic E-state index is 13.1. The van der Waals surface area contributed by atoms with Crippen LogP contribution in [0.1, 0.15) is 19.8 Å². The van der Waals surface area contributed by atoms with Crippen LogP contribution < -0.4 is 0 Å². The molecule has 0 heterocycles. The van der Waals surface area contributed by atoms with Gasteiger partial charge in [-0.2, -0.15) is 26.3 Å². The Balaban J connectivity index is 4.52. The molecule has 0 bridgehead atoms. The summed E-state index contributed by atoms with van der Waals surface area (Å²) in [6, 6.07) is 0. The molecule has 0 aliphatic carbocycles. The minimum Gasteiger partial charge on any atom is -0.480 e. The summed E-state index contributed by atoms with van der Waals surface area (Å²) < 4.78 is 85.8. The molecular weight excluding hydrogens is 305 g/mol. The highest BCUT2D eigenvalue weighted by Crippen LogP contribution is 2.49. The molecule has 19 heavy (non-hydrogen) atoms. The van der Waals surface area contributed by atoms with Gasteiger partial charge in [-0.3, -0.25) is 4.79 Å². The fourth-order valence-electron chi connectivity index (χ4n) is 1.09. The van der Waals surface area contributed by atoms with Gasteiger partial charge in [0, 0.05) is 6.42 Å². The van der Waals surface area contributed by atoms with Gasteiger partial charge < -0.3 is 5.11 Å². The zero-order valence-corrected chi connectivity index (χ0v) is 10.4. The number of carboxylic acids is 1. The molecule has 1 atom stereocenters. The fourth-order valence-corrected chi connectivity index (χ4v) is 1.90. The Labute approximate surface area is 108 Å². The summed E-state index contributed by atoms with van der Waals surface area (Å²) in [5.74, 6) is -1.56. The standard InChI is InChI=1S/C9H11F7O2S/c1-5(6(17)18)19-4-2-3-7(10,8(11,12)13)9(14,15)16/h5H,2-4H2,1H3,(H,17,18). The van der Waals surface area contributed by atoms with Crippen molar-refractivity contribution in [2.24, 2.45) is 0 Å². The zero-order valence-electron chi connectivity index (χ0n) is 9.61. The zero-order chi connectivity index (χ0) is 15.5. The Morgan fingerprint density at radius 1 is 1.11 bits per heavy atom. The molecular formula is C9H11F7O2S. The van der Waals surface area contributed by atoms with E-state index in [1.54, 1.807) is 0 Å². The highest BCUT2D eigenvalue weighted by atomic mass is 32.2. The van der Waals surface area contributed by atoms with Gasteiger partial charge in [0.1, 0.15) is 0 Å². The highest BCUT2D eigenvalue weighted by molar-refractivity contribution is 8.00. The van der Waals surface area contributed by atoms with Crippen molar-refractivity contribution in [3.8, 4) is 0 Å². The van der Waals surface area contributed by atoms with Gasteiger partial charge in [0.15, 0.2) is 0 Å². The topological polar surface area (TPSA) is 37.3 Å². The Hall–Kier alpha value is -0.670. The van der Waals surface area contributed by atoms with E-state index >= 15 is 0 Å². The molecule has 0 saturated heterocycles. The Morgan fingerprint density at radius 3 is 1.84 bits per heavy atom. The van der Waals surface area contributed by atoms with Crippen molar-refractivity contribution < 1.29 is 40.6 Å². The molecule has 0 spiro atoms. The van der Waals surface area contributed by atoms with Crippen molar-refractivity contribution in [2.45, 2.75) is 43.0 Å². The van der Waals surface area contributed by atoms with Crippen molar-refractivity contribution in [3.05, 3.63) is 0 Å². The van der Waals surface area contributed by atoms with Crippen molar-refractivity contribution in [3.63, 3.8) is 0 Å². The van der Waals surface area contributed by atoms with E-state index in [-0.39, 0.29) is 5.75 Å². The molecule has 0 aliphatic heterocycles. The number of rotatable bonds is 6. The van der Waals surface area contributed by atoms with E-state index in [0.29, 0.717) is 11.8 Å². The lowest BCUT2D eigenvalue weighted by atomic mass is 9.99. The summed E-state index contributed by atoms with van der Waals surface area (Å²) in [5.41, 5.74) is -5.26. The molecule has 0 amide bonds. The van der Waals surface area contributed by atoms with Crippen LogP contribution in [0.3, 0.4) is 0 Å². The molecule has 1 unspecified atom stereocenters. The summed E-state index contributed by atoms with van der Waals surface area (Å²) in [7, 11) is 0. The Bertz CT molecular complexity index is 299. The number of alkyl halides is 7. The van der Waals surface area contributed by atoms with Gasteiger partial charge in [-0.1, -0.05) is 0 Å². The van der Waals surface area contributed by atoms with E-state index in [1.165, 1.54) is 6.92 Å². The normalized spacial score (nSPS) is 15.4. The number of hydrogen-bond donors (Lipinski definition) is 1. The van der Waals surface area contributed by atoms with E-state index in [1.807, 2.05) is 0 Å². The molecule has 0 rings (SSSR count). The van der Waals surface area contributed by atoms with Gasteiger partial charge in [-0.25, -0.2) is 4.39 Å². The van der Waals surface area contributed by atoms with Gasteiger partial charge in [0.2, 0.25) is 0 Å². The van der Waals surface area contributed by atoms with Crippen molar-refractivity contribution in [1.29, 1.82) is 0 Å². The lowest BCUT2D eigenvalue weighted by Crippen LogP contribution is -2.53. The van der Waals surface area contributed by atoms with E-state index in [9.17, 15) is 35.5 Å². The molecule has 0 aromatic heterocycles. The number of aliphatic carboxylic acids is 1. The minimum atomic E-state index is -6.05. The second kappa shape index (κ2) is 6.19. The van der Waals surface area contributed by atoms with Crippen LogP contribution in [-0.2, 0) is 4.79 Å². The third-order valence-corrected chi connectivity index (χ3v) is 3.51. The molecule has 10 heteroatoms. The van der Waals surface area contributed by atoms with Crippen LogP contribution in [0.2, 0.25) is 0 Å². The first-order chi connectivity index (χ1) is 8.33. The predicted octanol–water partition coefficient (Wildman–Crippen LogP) is 3.81. The Kier molecular flexibility index (Phi) is 5.97. The quantitative estimate of drug-likeness (QED) is 0.598. The number of carboxylic acid groups (broad SMARTS) is 1. The average Bonchev–Trinajstić information content (AvgIpc) is 2.20. The van der Waals surface area contributed by atoms with Gasteiger partial charge in [-0.05, 0) is 19.1 Å². The van der Waals surface area contributed by atoms with Crippen molar-refractivity contribution >= 4 is 17.7 Å². The molecule has 0 saturated carbocycles. The number of hydrogen-bond acceptors (Lipinski definition) is 2. The smallest absolute Gasteiger partial charge is 0.431 e. The fraction of sp³-hybridized carbons (Fsp3) is 0.889. The monoisotopic (exact) mass is 316 g/mol. The van der Waals surface area contributed by atoms with Crippen LogP contribution in [0.4, 0.5) is 30.7 Å². The van der Waals surface area contributed by atoms with Gasteiger partial charge >= 0.3 is 18.3 Å². The summed E-state index contributed by atoms with van der Waals surface area (Å²) >= 11 is 0.646. The van der Waals surface area contributed by atoms with Crippen molar-refractivity contribution in [1.82, 2.24) is 0 Å². The first kappa shape index (κ1) is 18.3. The maximum absolute atomic E-state index is 13.1. The van der Waals surface area contributed by atoms with E-state index in [2.05, 4.69) is 0 Å². The first-order valence-corrected chi connectivity index (χ1v) is 6.04. The number of carbonyl (C=O) groups is 1. The van der Waals surface area contributed by atoms with Gasteiger partial charge in [-0.15, -0.1) is 11.8 Å². The van der Waals surface area contributed by atoms with Crippen LogP contribution in [-0.4, -0.2) is 40.1 Å². The van der Waals surface area contributed by atoms with Crippen LogP contribution in [0.5, 0.6) is 0 Å². The average molecular weight is 316 g/mol. The maximum Gasteiger partial charge on any atom is 0.431 e. The highest BCUT2D eigenvalue weighted by Gasteiger charge is 2.71. The van der Waals surface area contributed by atoms with Crippen LogP contribution in [0.25, 0.3) is 0 Å². The van der Waals surface area contributed by atoms with Gasteiger partial charge in [0.05, 0.1) is 5.25 Å². The van der Waals surface area contributed by atoms with E-state index in [4.69, 9.17) is 5.11 Å². The van der Waals surface area contributed by atoms with Crippen LogP contribution in [0.15, 0.2) is 0 Å². The minimum absolute atomic E-state index is 0.314. The second-order valence-corrected chi connectivity index (χ2v) is 5.20. The molecule has 0 aromatic rings. The lowest BCUT2D eigenvalue weighted by molar-refractivity contribution is -0.343. The summed E-state index contributed by atoms with van der Waals surface area (Å²) in [6.45, 7) is 1.23. The third kappa shape index (κ3) is 4.73. The molecule has 0 radical (unpaired) electrons. The molecule has 114 valence electrons. The SMILES string of the molecule is CC(SCCCC(F)(C(F)(F)F)C(F)(F)F)C(=O)O. The second-order valence-electron chi connectivity index (χ2n) is 3.75. The lowest BCUT2D eigenvalue weighted by Gasteiger charge is -2.29. The number of halogens is 7. The largest absolute Gasteiger partial charge is 0.480 e.